The molecule has 1 saturated heterocycles. The summed E-state index contributed by atoms with van der Waals surface area (Å²) in [6.07, 6.45) is 3.52. The zero-order valence-corrected chi connectivity index (χ0v) is 16.0. The van der Waals surface area contributed by atoms with Crippen molar-refractivity contribution in [2.45, 2.75) is 37.9 Å². The first-order chi connectivity index (χ1) is 13.7. The molecule has 0 radical (unpaired) electrons. The molecular weight excluding hydrogens is 358 g/mol. The lowest BCUT2D eigenvalue weighted by Crippen LogP contribution is -2.57. The highest BCUT2D eigenvalue weighted by Crippen LogP contribution is 2.57. The number of methoxy groups -OCH3 is 1. The number of para-hydroxylation sites is 1. The van der Waals surface area contributed by atoms with Crippen LogP contribution in [0.3, 0.4) is 0 Å². The molecule has 2 heterocycles. The van der Waals surface area contributed by atoms with E-state index in [1.807, 2.05) is 35.2 Å². The molecule has 0 N–H and O–H groups in total. The Kier molecular flexibility index (Phi) is 4.55. The van der Waals surface area contributed by atoms with Crippen molar-refractivity contribution in [1.82, 2.24) is 15.0 Å². The smallest absolute Gasteiger partial charge is 0.230 e. The quantitative estimate of drug-likeness (QED) is 0.763. The van der Waals surface area contributed by atoms with Crippen LogP contribution in [0.4, 0.5) is 0 Å². The Hall–Kier alpha value is -2.41. The van der Waals surface area contributed by atoms with E-state index >= 15 is 0 Å². The predicted octanol–water partition coefficient (Wildman–Crippen LogP) is 2.64. The second-order valence-electron chi connectivity index (χ2n) is 8.14. The molecule has 2 bridgehead atoms. The van der Waals surface area contributed by atoms with Gasteiger partial charge in [-0.15, -0.1) is 0 Å². The molecule has 7 nitrogen and oxygen atoms in total. The van der Waals surface area contributed by atoms with Crippen LogP contribution in [0.2, 0.25) is 0 Å². The van der Waals surface area contributed by atoms with Gasteiger partial charge in [0.05, 0.1) is 17.9 Å². The van der Waals surface area contributed by atoms with Crippen LogP contribution in [0.25, 0.3) is 0 Å². The number of likely N-dealkylation sites (tertiary alicyclic amines) is 1. The van der Waals surface area contributed by atoms with Crippen molar-refractivity contribution in [1.29, 1.82) is 0 Å². The zero-order chi connectivity index (χ0) is 19.1. The van der Waals surface area contributed by atoms with Gasteiger partial charge >= 0.3 is 0 Å². The summed E-state index contributed by atoms with van der Waals surface area (Å²) >= 11 is 0. The number of amides is 1. The molecule has 5 rings (SSSR count). The van der Waals surface area contributed by atoms with Crippen molar-refractivity contribution >= 4 is 5.91 Å². The summed E-state index contributed by atoms with van der Waals surface area (Å²) in [4.78, 5) is 19.6. The standard InChI is InChI=1S/C21H25N3O4/c1-26-16-10-24(11-16)21(25)19-14-8-7-13(9-14)18(19)20-22-17(23-28-20)12-27-15-5-3-2-4-6-15/h2-6,13-14,16,18-19H,7-12H2,1H3/t13-,14+,18+,19+/m1/s1. The molecular formula is C21H25N3O4. The molecule has 1 aromatic heterocycles. The fourth-order valence-electron chi connectivity index (χ4n) is 5.11. The van der Waals surface area contributed by atoms with Crippen molar-refractivity contribution in [2.75, 3.05) is 20.2 Å². The van der Waals surface area contributed by atoms with Gasteiger partial charge in [0, 0.05) is 20.2 Å². The second-order valence-corrected chi connectivity index (χ2v) is 8.14. The highest BCUT2D eigenvalue weighted by molar-refractivity contribution is 5.81. The van der Waals surface area contributed by atoms with Crippen molar-refractivity contribution < 1.29 is 18.8 Å². The normalized spacial score (nSPS) is 29.1. The van der Waals surface area contributed by atoms with Gasteiger partial charge in [-0.1, -0.05) is 23.4 Å². The topological polar surface area (TPSA) is 77.7 Å². The molecule has 4 atom stereocenters. The number of aromatic nitrogens is 2. The molecule has 3 aliphatic rings. The number of rotatable bonds is 6. The molecule has 3 fully saturated rings. The Morgan fingerprint density at radius 1 is 1.21 bits per heavy atom. The van der Waals surface area contributed by atoms with E-state index in [0.29, 0.717) is 36.6 Å². The van der Waals surface area contributed by atoms with Gasteiger partial charge in [-0.3, -0.25) is 4.79 Å². The molecule has 1 aromatic carbocycles. The number of nitrogens with zero attached hydrogens (tertiary/aromatic N) is 3. The second kappa shape index (κ2) is 7.20. The maximum absolute atomic E-state index is 13.1. The third-order valence-corrected chi connectivity index (χ3v) is 6.57. The first-order valence-electron chi connectivity index (χ1n) is 10.0. The summed E-state index contributed by atoms with van der Waals surface area (Å²) in [5.41, 5.74) is 0. The Balaban J connectivity index is 1.29. The van der Waals surface area contributed by atoms with Crippen LogP contribution in [0.15, 0.2) is 34.9 Å². The van der Waals surface area contributed by atoms with E-state index < -0.39 is 0 Å². The zero-order valence-electron chi connectivity index (χ0n) is 16.0. The number of hydrogen-bond acceptors (Lipinski definition) is 6. The summed E-state index contributed by atoms with van der Waals surface area (Å²) in [6.45, 7) is 1.64. The average Bonchev–Trinajstić information content (AvgIpc) is 3.41. The Morgan fingerprint density at radius 3 is 2.79 bits per heavy atom. The van der Waals surface area contributed by atoms with Crippen LogP contribution in [-0.2, 0) is 16.1 Å². The molecule has 7 heteroatoms. The third-order valence-electron chi connectivity index (χ3n) is 6.57. The monoisotopic (exact) mass is 383 g/mol. The Morgan fingerprint density at radius 2 is 2.00 bits per heavy atom. The number of carbonyl (C=O) groups is 1. The Labute approximate surface area is 164 Å². The SMILES string of the molecule is COC1CN(C(=O)[C@H]2[C@H]3CC[C@H](C3)[C@@H]2c2nc(COc3ccccc3)no2)C1. The molecule has 2 aliphatic carbocycles. The van der Waals surface area contributed by atoms with Crippen molar-refractivity contribution in [2.24, 2.45) is 17.8 Å². The van der Waals surface area contributed by atoms with Gasteiger partial charge in [-0.2, -0.15) is 4.98 Å². The molecule has 1 aliphatic heterocycles. The van der Waals surface area contributed by atoms with Gasteiger partial charge in [0.25, 0.3) is 0 Å². The number of fused-ring (bicyclic) bond motifs is 2. The number of benzene rings is 1. The van der Waals surface area contributed by atoms with Crippen LogP contribution in [0.5, 0.6) is 5.75 Å². The first kappa shape index (κ1) is 17.7. The fourth-order valence-corrected chi connectivity index (χ4v) is 5.11. The third kappa shape index (κ3) is 3.07. The lowest BCUT2D eigenvalue weighted by atomic mass is 9.78. The number of carbonyl (C=O) groups excluding carboxylic acids is 1. The van der Waals surface area contributed by atoms with Crippen molar-refractivity contribution in [3.05, 3.63) is 42.0 Å². The van der Waals surface area contributed by atoms with Crippen molar-refractivity contribution in [3.63, 3.8) is 0 Å². The van der Waals surface area contributed by atoms with Crippen LogP contribution in [-0.4, -0.2) is 47.3 Å². The van der Waals surface area contributed by atoms with Crippen LogP contribution < -0.4 is 4.74 Å². The molecule has 2 saturated carbocycles. The van der Waals surface area contributed by atoms with Crippen LogP contribution >= 0.6 is 0 Å². The minimum atomic E-state index is -0.0418. The molecule has 2 aromatic rings. The summed E-state index contributed by atoms with van der Waals surface area (Å²) in [6, 6.07) is 9.58. The van der Waals surface area contributed by atoms with E-state index in [1.165, 1.54) is 0 Å². The van der Waals surface area contributed by atoms with Gasteiger partial charge < -0.3 is 18.9 Å². The lowest BCUT2D eigenvalue weighted by Gasteiger charge is -2.41. The summed E-state index contributed by atoms with van der Waals surface area (Å²) in [7, 11) is 1.70. The minimum absolute atomic E-state index is 0.0332. The van der Waals surface area contributed by atoms with E-state index in [1.54, 1.807) is 7.11 Å². The van der Waals surface area contributed by atoms with Crippen LogP contribution in [0, 0.1) is 17.8 Å². The molecule has 0 spiro atoms. The number of hydrogen-bond donors (Lipinski definition) is 0. The van der Waals surface area contributed by atoms with E-state index in [4.69, 9.17) is 14.0 Å². The Bertz CT molecular complexity index is 833. The van der Waals surface area contributed by atoms with Gasteiger partial charge in [0.2, 0.25) is 17.6 Å². The largest absolute Gasteiger partial charge is 0.485 e. The maximum Gasteiger partial charge on any atom is 0.230 e. The van der Waals surface area contributed by atoms with E-state index in [-0.39, 0.29) is 30.5 Å². The summed E-state index contributed by atoms with van der Waals surface area (Å²) < 4.78 is 16.6. The lowest BCUT2D eigenvalue weighted by molar-refractivity contribution is -0.150. The summed E-state index contributed by atoms with van der Waals surface area (Å²) in [5, 5.41) is 4.10. The van der Waals surface area contributed by atoms with Gasteiger partial charge in [0.15, 0.2) is 6.61 Å². The molecule has 148 valence electrons. The van der Waals surface area contributed by atoms with Crippen LogP contribution in [0.1, 0.15) is 36.9 Å². The highest BCUT2D eigenvalue weighted by atomic mass is 16.5. The predicted molar refractivity (Wildman–Crippen MR) is 99.5 cm³/mol. The van der Waals surface area contributed by atoms with E-state index in [9.17, 15) is 4.79 Å². The maximum atomic E-state index is 13.1. The van der Waals surface area contributed by atoms with E-state index in [0.717, 1.165) is 25.0 Å². The fraction of sp³-hybridized carbons (Fsp3) is 0.571. The van der Waals surface area contributed by atoms with Gasteiger partial charge in [-0.05, 0) is 43.2 Å². The minimum Gasteiger partial charge on any atom is -0.485 e. The first-order valence-corrected chi connectivity index (χ1v) is 10.0. The molecule has 28 heavy (non-hydrogen) atoms. The highest BCUT2D eigenvalue weighted by Gasteiger charge is 2.55. The summed E-state index contributed by atoms with van der Waals surface area (Å²) in [5.74, 6) is 3.00. The van der Waals surface area contributed by atoms with Gasteiger partial charge in [-0.25, -0.2) is 0 Å². The average molecular weight is 383 g/mol. The molecule has 1 amide bonds. The molecule has 0 unspecified atom stereocenters. The van der Waals surface area contributed by atoms with E-state index in [2.05, 4.69) is 10.1 Å². The van der Waals surface area contributed by atoms with Crippen molar-refractivity contribution in [3.8, 4) is 5.75 Å². The number of ether oxygens (including phenoxy) is 2. The van der Waals surface area contributed by atoms with Gasteiger partial charge in [0.1, 0.15) is 5.75 Å².